The van der Waals surface area contributed by atoms with Crippen molar-refractivity contribution in [2.45, 2.75) is 50.9 Å². The molecule has 1 aromatic carbocycles. The fourth-order valence-corrected chi connectivity index (χ4v) is 6.27. The molecule has 0 spiro atoms. The molecule has 0 bridgehead atoms. The van der Waals surface area contributed by atoms with Gasteiger partial charge in [0.05, 0.1) is 20.8 Å². The van der Waals surface area contributed by atoms with Gasteiger partial charge in [-0.1, -0.05) is 25.0 Å². The van der Waals surface area contributed by atoms with Crippen LogP contribution in [0.4, 0.5) is 0 Å². The predicted octanol–water partition coefficient (Wildman–Crippen LogP) is 4.31. The van der Waals surface area contributed by atoms with Crippen LogP contribution >= 0.6 is 22.7 Å². The molecule has 0 saturated heterocycles. The molecule has 0 aliphatic heterocycles. The van der Waals surface area contributed by atoms with E-state index in [1.54, 1.807) is 48.7 Å². The highest BCUT2D eigenvalue weighted by molar-refractivity contribution is 7.10. The number of nitrogens with one attached hydrogen (secondary N) is 1. The lowest BCUT2D eigenvalue weighted by molar-refractivity contribution is -0.142. The zero-order valence-corrected chi connectivity index (χ0v) is 23.4. The van der Waals surface area contributed by atoms with E-state index in [2.05, 4.69) is 20.7 Å². The Morgan fingerprint density at radius 3 is 2.54 bits per heavy atom. The number of hydrogen-bond acceptors (Lipinski definition) is 9. The van der Waals surface area contributed by atoms with Crippen molar-refractivity contribution in [3.8, 4) is 22.9 Å². The molecule has 2 amide bonds. The highest BCUT2D eigenvalue weighted by Gasteiger charge is 2.34. The summed E-state index contributed by atoms with van der Waals surface area (Å²) in [5, 5.41) is 19.8. The Labute approximate surface area is 234 Å². The first-order chi connectivity index (χ1) is 19.1. The molecule has 1 aliphatic rings. The summed E-state index contributed by atoms with van der Waals surface area (Å²) in [6.45, 7) is 0.138. The quantitative estimate of drug-likeness (QED) is 0.288. The van der Waals surface area contributed by atoms with Gasteiger partial charge in [-0.3, -0.25) is 9.59 Å². The van der Waals surface area contributed by atoms with Crippen LogP contribution in [0.3, 0.4) is 0 Å². The first-order valence-corrected chi connectivity index (χ1v) is 14.5. The van der Waals surface area contributed by atoms with E-state index in [4.69, 9.17) is 9.47 Å². The zero-order valence-electron chi connectivity index (χ0n) is 21.8. The van der Waals surface area contributed by atoms with Gasteiger partial charge in [0.2, 0.25) is 17.6 Å². The van der Waals surface area contributed by atoms with Gasteiger partial charge in [0.25, 0.3) is 0 Å². The third-order valence-corrected chi connectivity index (χ3v) is 8.46. The number of carbonyl (C=O) groups is 2. The molecule has 39 heavy (non-hydrogen) atoms. The summed E-state index contributed by atoms with van der Waals surface area (Å²) in [7, 11) is 3.12. The van der Waals surface area contributed by atoms with Gasteiger partial charge < -0.3 is 19.7 Å². The fraction of sp³-hybridized carbons (Fsp3) is 0.370. The van der Waals surface area contributed by atoms with E-state index in [-0.39, 0.29) is 24.4 Å². The topological polar surface area (TPSA) is 111 Å². The van der Waals surface area contributed by atoms with Crippen molar-refractivity contribution in [2.75, 3.05) is 14.2 Å². The highest BCUT2D eigenvalue weighted by atomic mass is 32.1. The maximum atomic E-state index is 13.8. The van der Waals surface area contributed by atoms with E-state index in [1.165, 1.54) is 16.1 Å². The van der Waals surface area contributed by atoms with E-state index in [0.717, 1.165) is 35.4 Å². The maximum Gasteiger partial charge on any atom is 0.248 e. The number of nitrogens with zero attached hydrogens (tertiary/aromatic N) is 5. The smallest absolute Gasteiger partial charge is 0.248 e. The van der Waals surface area contributed by atoms with Crippen LogP contribution in [0.1, 0.15) is 41.5 Å². The number of carbonyl (C=O) groups excluding carboxylic acids is 2. The standard InChI is InChI=1S/C27H30N6O4S2/c1-36-21-12-11-18(15-22(21)37-2)26-29-31-33(30-26)17-24(34)32(16-20-9-5-13-38-20)25(23-10-6-14-39-23)27(35)28-19-7-3-4-8-19/h5-6,9-15,19,25H,3-4,7-8,16-17H2,1-2H3,(H,28,35)/t25-/m0/s1. The summed E-state index contributed by atoms with van der Waals surface area (Å²) in [5.41, 5.74) is 0.675. The lowest BCUT2D eigenvalue weighted by Gasteiger charge is -2.31. The van der Waals surface area contributed by atoms with Gasteiger partial charge in [-0.05, 0) is 59.1 Å². The van der Waals surface area contributed by atoms with E-state index < -0.39 is 6.04 Å². The van der Waals surface area contributed by atoms with Gasteiger partial charge in [0.15, 0.2) is 11.5 Å². The second-order valence-electron chi connectivity index (χ2n) is 9.22. The van der Waals surface area contributed by atoms with Gasteiger partial charge in [-0.15, -0.1) is 32.9 Å². The second-order valence-corrected chi connectivity index (χ2v) is 11.2. The number of benzene rings is 1. The Bertz CT molecular complexity index is 1380. The van der Waals surface area contributed by atoms with Crippen LogP contribution in [0.5, 0.6) is 11.5 Å². The SMILES string of the molecule is COc1ccc(-c2nnn(CC(=O)N(Cc3cccs3)[C@H](C(=O)NC3CCCC3)c3cccs3)n2)cc1OC. The molecular formula is C27H30N6O4S2. The lowest BCUT2D eigenvalue weighted by atomic mass is 10.1. The second kappa shape index (κ2) is 12.4. The molecule has 3 aromatic heterocycles. The highest BCUT2D eigenvalue weighted by Crippen LogP contribution is 2.32. The van der Waals surface area contributed by atoms with E-state index in [0.29, 0.717) is 29.4 Å². The fourth-order valence-electron chi connectivity index (χ4n) is 4.73. The number of tetrazole rings is 1. The summed E-state index contributed by atoms with van der Waals surface area (Å²) >= 11 is 3.01. The average molecular weight is 567 g/mol. The molecule has 1 saturated carbocycles. The molecule has 1 N–H and O–H groups in total. The number of ether oxygens (including phenoxy) is 2. The Morgan fingerprint density at radius 1 is 1.08 bits per heavy atom. The van der Waals surface area contributed by atoms with Crippen molar-refractivity contribution < 1.29 is 19.1 Å². The molecule has 1 fully saturated rings. The number of methoxy groups -OCH3 is 2. The minimum absolute atomic E-state index is 0.139. The molecule has 1 aliphatic carbocycles. The molecule has 5 rings (SSSR count). The molecule has 0 unspecified atom stereocenters. The van der Waals surface area contributed by atoms with Crippen molar-refractivity contribution in [1.29, 1.82) is 0 Å². The van der Waals surface area contributed by atoms with Crippen molar-refractivity contribution >= 4 is 34.5 Å². The van der Waals surface area contributed by atoms with Gasteiger partial charge in [0.1, 0.15) is 12.6 Å². The van der Waals surface area contributed by atoms with Crippen molar-refractivity contribution in [2.24, 2.45) is 0 Å². The third kappa shape index (κ3) is 6.28. The molecular weight excluding hydrogens is 536 g/mol. The lowest BCUT2D eigenvalue weighted by Crippen LogP contribution is -2.46. The minimum Gasteiger partial charge on any atom is -0.493 e. The number of rotatable bonds is 11. The number of thiophene rings is 2. The molecule has 12 heteroatoms. The number of aromatic nitrogens is 4. The first kappa shape index (κ1) is 26.8. The van der Waals surface area contributed by atoms with Crippen LogP contribution in [0.15, 0.2) is 53.2 Å². The van der Waals surface area contributed by atoms with Crippen molar-refractivity contribution in [3.05, 3.63) is 63.0 Å². The van der Waals surface area contributed by atoms with Gasteiger partial charge in [-0.25, -0.2) is 0 Å². The van der Waals surface area contributed by atoms with E-state index >= 15 is 0 Å². The zero-order chi connectivity index (χ0) is 27.2. The van der Waals surface area contributed by atoms with Crippen molar-refractivity contribution in [3.63, 3.8) is 0 Å². The normalized spacial score (nSPS) is 14.2. The molecule has 0 radical (unpaired) electrons. The number of amides is 2. The Morgan fingerprint density at radius 2 is 1.85 bits per heavy atom. The summed E-state index contributed by atoms with van der Waals surface area (Å²) in [6.07, 6.45) is 4.13. The van der Waals surface area contributed by atoms with E-state index in [1.807, 2.05) is 35.0 Å². The third-order valence-electron chi connectivity index (χ3n) is 6.67. The predicted molar refractivity (Wildman–Crippen MR) is 149 cm³/mol. The van der Waals surface area contributed by atoms with Crippen LogP contribution in [0.2, 0.25) is 0 Å². The molecule has 3 heterocycles. The van der Waals surface area contributed by atoms with Gasteiger partial charge in [-0.2, -0.15) is 4.80 Å². The average Bonchev–Trinajstić information content (AvgIpc) is 3.77. The van der Waals surface area contributed by atoms with Crippen LogP contribution in [-0.4, -0.2) is 57.2 Å². The maximum absolute atomic E-state index is 13.8. The van der Waals surface area contributed by atoms with Gasteiger partial charge >= 0.3 is 0 Å². The van der Waals surface area contributed by atoms with Gasteiger partial charge in [0, 0.05) is 21.4 Å². The molecule has 10 nitrogen and oxygen atoms in total. The molecule has 204 valence electrons. The van der Waals surface area contributed by atoms with E-state index in [9.17, 15) is 9.59 Å². The first-order valence-electron chi connectivity index (χ1n) is 12.7. The molecule has 4 aromatic rings. The minimum atomic E-state index is -0.756. The van der Waals surface area contributed by atoms with Crippen molar-refractivity contribution in [1.82, 2.24) is 30.4 Å². The van der Waals surface area contributed by atoms with Crippen LogP contribution in [0.25, 0.3) is 11.4 Å². The number of hydrogen-bond donors (Lipinski definition) is 1. The Kier molecular flexibility index (Phi) is 8.52. The molecule has 1 atom stereocenters. The monoisotopic (exact) mass is 566 g/mol. The van der Waals surface area contributed by atoms with Crippen LogP contribution in [0, 0.1) is 0 Å². The van der Waals surface area contributed by atoms with Crippen LogP contribution < -0.4 is 14.8 Å². The summed E-state index contributed by atoms with van der Waals surface area (Å²) in [4.78, 5) is 32.2. The summed E-state index contributed by atoms with van der Waals surface area (Å²) in [5.74, 6) is 1.04. The Hall–Kier alpha value is -3.77. The Balaban J connectivity index is 1.40. The summed E-state index contributed by atoms with van der Waals surface area (Å²) in [6, 6.07) is 12.4. The van der Waals surface area contributed by atoms with Crippen LogP contribution in [-0.2, 0) is 22.7 Å². The summed E-state index contributed by atoms with van der Waals surface area (Å²) < 4.78 is 10.7. The largest absolute Gasteiger partial charge is 0.493 e.